The van der Waals surface area contributed by atoms with E-state index >= 15 is 0 Å². The molecule has 136 valence electrons. The van der Waals surface area contributed by atoms with Gasteiger partial charge in [0.05, 0.1) is 11.5 Å². The third-order valence-corrected chi connectivity index (χ3v) is 5.90. The molecule has 7 nitrogen and oxygen atoms in total. The number of hydrogen-bond acceptors (Lipinski definition) is 6. The SMILES string of the molecule is CC(=O)c1cccc(Nc2cc(C(=O)NC3CCS(=O)(=O)C3)ccn2)c1. The summed E-state index contributed by atoms with van der Waals surface area (Å²) in [6, 6.07) is 9.78. The second kappa shape index (κ2) is 7.25. The van der Waals surface area contributed by atoms with Gasteiger partial charge in [-0.05, 0) is 37.6 Å². The first-order chi connectivity index (χ1) is 12.3. The number of benzene rings is 1. The van der Waals surface area contributed by atoms with Crippen LogP contribution in [-0.4, -0.2) is 42.6 Å². The molecule has 1 fully saturated rings. The van der Waals surface area contributed by atoms with Crippen molar-refractivity contribution < 1.29 is 18.0 Å². The number of carbonyl (C=O) groups is 2. The molecule has 0 aliphatic carbocycles. The molecule has 1 aliphatic heterocycles. The first-order valence-corrected chi connectivity index (χ1v) is 10.00. The zero-order chi connectivity index (χ0) is 18.7. The average Bonchev–Trinajstić information content (AvgIpc) is 2.94. The molecule has 0 spiro atoms. The van der Waals surface area contributed by atoms with Crippen molar-refractivity contribution in [3.05, 3.63) is 53.7 Å². The molecule has 1 atom stereocenters. The van der Waals surface area contributed by atoms with E-state index in [0.29, 0.717) is 29.1 Å². The fraction of sp³-hybridized carbons (Fsp3) is 0.278. The molecule has 0 bridgehead atoms. The first kappa shape index (κ1) is 18.1. The number of nitrogens with one attached hydrogen (secondary N) is 2. The zero-order valence-corrected chi connectivity index (χ0v) is 15.0. The maximum Gasteiger partial charge on any atom is 0.251 e. The Bertz CT molecular complexity index is 956. The number of ketones is 1. The normalized spacial score (nSPS) is 18.3. The lowest BCUT2D eigenvalue weighted by Gasteiger charge is -2.12. The lowest BCUT2D eigenvalue weighted by atomic mass is 10.1. The maximum absolute atomic E-state index is 12.4. The van der Waals surface area contributed by atoms with Crippen molar-refractivity contribution in [3.8, 4) is 0 Å². The van der Waals surface area contributed by atoms with Gasteiger partial charge in [0.2, 0.25) is 0 Å². The van der Waals surface area contributed by atoms with Gasteiger partial charge in [-0.2, -0.15) is 0 Å². The number of nitrogens with zero attached hydrogens (tertiary/aromatic N) is 1. The molecule has 2 N–H and O–H groups in total. The number of anilines is 2. The van der Waals surface area contributed by atoms with Crippen LogP contribution in [0.2, 0.25) is 0 Å². The molecule has 1 saturated heterocycles. The minimum atomic E-state index is -3.05. The molecule has 1 amide bonds. The Balaban J connectivity index is 1.71. The van der Waals surface area contributed by atoms with Crippen molar-refractivity contribution in [1.82, 2.24) is 10.3 Å². The van der Waals surface area contributed by atoms with Gasteiger partial charge >= 0.3 is 0 Å². The summed E-state index contributed by atoms with van der Waals surface area (Å²) in [5.74, 6) is 0.161. The maximum atomic E-state index is 12.4. The number of amides is 1. The van der Waals surface area contributed by atoms with Crippen LogP contribution in [0.25, 0.3) is 0 Å². The summed E-state index contributed by atoms with van der Waals surface area (Å²) < 4.78 is 23.0. The van der Waals surface area contributed by atoms with E-state index in [1.807, 2.05) is 0 Å². The number of aromatic nitrogens is 1. The Hall–Kier alpha value is -2.74. The monoisotopic (exact) mass is 373 g/mol. The fourth-order valence-electron chi connectivity index (χ4n) is 2.78. The topological polar surface area (TPSA) is 105 Å². The highest BCUT2D eigenvalue weighted by Gasteiger charge is 2.29. The third-order valence-electron chi connectivity index (χ3n) is 4.13. The quantitative estimate of drug-likeness (QED) is 0.776. The standard InChI is InChI=1S/C18H19N3O4S/c1-12(22)13-3-2-4-15(9-13)20-17-10-14(5-7-19-17)18(23)21-16-6-8-26(24,25)11-16/h2-5,7,9-10,16H,6,8,11H2,1H3,(H,19,20)(H,21,23). The van der Waals surface area contributed by atoms with Gasteiger partial charge in [0.15, 0.2) is 15.6 Å². The van der Waals surface area contributed by atoms with E-state index in [1.165, 1.54) is 13.1 Å². The number of Topliss-reactive ketones (excluding diaryl/α,β-unsaturated/α-hetero) is 1. The Kier molecular flexibility index (Phi) is 5.03. The number of carbonyl (C=O) groups excluding carboxylic acids is 2. The molecule has 3 rings (SSSR count). The number of rotatable bonds is 5. The van der Waals surface area contributed by atoms with Crippen molar-refractivity contribution in [2.75, 3.05) is 16.8 Å². The average molecular weight is 373 g/mol. The first-order valence-electron chi connectivity index (χ1n) is 8.18. The Morgan fingerprint density at radius 3 is 2.65 bits per heavy atom. The van der Waals surface area contributed by atoms with Crippen LogP contribution in [0.3, 0.4) is 0 Å². The second-order valence-corrected chi connectivity index (χ2v) is 8.49. The lowest BCUT2D eigenvalue weighted by Crippen LogP contribution is -2.35. The predicted octanol–water partition coefficient (Wildman–Crippen LogP) is 1.94. The Morgan fingerprint density at radius 1 is 1.15 bits per heavy atom. The Morgan fingerprint density at radius 2 is 1.96 bits per heavy atom. The Labute approximate surface area is 151 Å². The van der Waals surface area contributed by atoms with E-state index in [2.05, 4.69) is 15.6 Å². The number of sulfone groups is 1. The van der Waals surface area contributed by atoms with Gasteiger partial charge in [-0.25, -0.2) is 13.4 Å². The van der Waals surface area contributed by atoms with Gasteiger partial charge in [0.1, 0.15) is 5.82 Å². The van der Waals surface area contributed by atoms with E-state index in [9.17, 15) is 18.0 Å². The zero-order valence-electron chi connectivity index (χ0n) is 14.2. The predicted molar refractivity (Wildman–Crippen MR) is 98.5 cm³/mol. The van der Waals surface area contributed by atoms with Crippen molar-refractivity contribution in [2.24, 2.45) is 0 Å². The molecule has 8 heteroatoms. The van der Waals surface area contributed by atoms with E-state index in [0.717, 1.165) is 0 Å². The molecule has 0 radical (unpaired) electrons. The van der Waals surface area contributed by atoms with Gasteiger partial charge in [0.25, 0.3) is 5.91 Å². The van der Waals surface area contributed by atoms with Gasteiger partial charge in [0, 0.05) is 29.1 Å². The second-order valence-electron chi connectivity index (χ2n) is 6.27. The smallest absolute Gasteiger partial charge is 0.251 e. The minimum Gasteiger partial charge on any atom is -0.348 e. The fourth-order valence-corrected chi connectivity index (χ4v) is 4.45. The number of hydrogen-bond donors (Lipinski definition) is 2. The van der Waals surface area contributed by atoms with Crippen LogP contribution in [0.5, 0.6) is 0 Å². The van der Waals surface area contributed by atoms with Crippen molar-refractivity contribution in [1.29, 1.82) is 0 Å². The van der Waals surface area contributed by atoms with E-state index < -0.39 is 9.84 Å². The van der Waals surface area contributed by atoms with Crippen molar-refractivity contribution >= 4 is 33.0 Å². The highest BCUT2D eigenvalue weighted by molar-refractivity contribution is 7.91. The van der Waals surface area contributed by atoms with Crippen LogP contribution in [0, 0.1) is 0 Å². The molecule has 1 aliphatic rings. The van der Waals surface area contributed by atoms with Gasteiger partial charge in [-0.3, -0.25) is 9.59 Å². The largest absolute Gasteiger partial charge is 0.348 e. The highest BCUT2D eigenvalue weighted by Crippen LogP contribution is 2.18. The van der Waals surface area contributed by atoms with Crippen LogP contribution in [0.15, 0.2) is 42.6 Å². The van der Waals surface area contributed by atoms with Crippen LogP contribution >= 0.6 is 0 Å². The van der Waals surface area contributed by atoms with Crippen LogP contribution in [0.4, 0.5) is 11.5 Å². The lowest BCUT2D eigenvalue weighted by molar-refractivity contribution is 0.0940. The molecular formula is C18H19N3O4S. The summed E-state index contributed by atoms with van der Waals surface area (Å²) in [5, 5.41) is 5.81. The summed E-state index contributed by atoms with van der Waals surface area (Å²) >= 11 is 0. The molecule has 26 heavy (non-hydrogen) atoms. The molecule has 1 aromatic carbocycles. The van der Waals surface area contributed by atoms with E-state index in [-0.39, 0.29) is 29.2 Å². The minimum absolute atomic E-state index is 0.0211. The molecule has 2 aromatic rings. The summed E-state index contributed by atoms with van der Waals surface area (Å²) in [7, 11) is -3.05. The van der Waals surface area contributed by atoms with Crippen LogP contribution in [0.1, 0.15) is 34.1 Å². The van der Waals surface area contributed by atoms with Gasteiger partial charge < -0.3 is 10.6 Å². The summed E-state index contributed by atoms with van der Waals surface area (Å²) in [6.07, 6.45) is 1.93. The molecular weight excluding hydrogens is 354 g/mol. The third kappa shape index (κ3) is 4.45. The summed E-state index contributed by atoms with van der Waals surface area (Å²) in [6.45, 7) is 1.49. The summed E-state index contributed by atoms with van der Waals surface area (Å²) in [5.41, 5.74) is 1.64. The molecule has 0 saturated carbocycles. The number of pyridine rings is 1. The van der Waals surface area contributed by atoms with Gasteiger partial charge in [-0.15, -0.1) is 0 Å². The summed E-state index contributed by atoms with van der Waals surface area (Å²) in [4.78, 5) is 28.0. The van der Waals surface area contributed by atoms with Crippen LogP contribution < -0.4 is 10.6 Å². The molecule has 1 unspecified atom stereocenters. The van der Waals surface area contributed by atoms with Crippen molar-refractivity contribution in [2.45, 2.75) is 19.4 Å². The molecule has 1 aromatic heterocycles. The van der Waals surface area contributed by atoms with Crippen LogP contribution in [-0.2, 0) is 9.84 Å². The van der Waals surface area contributed by atoms with Gasteiger partial charge in [-0.1, -0.05) is 12.1 Å². The molecule has 2 heterocycles. The van der Waals surface area contributed by atoms with Crippen molar-refractivity contribution in [3.63, 3.8) is 0 Å². The highest BCUT2D eigenvalue weighted by atomic mass is 32.2. The van der Waals surface area contributed by atoms with E-state index in [1.54, 1.807) is 36.4 Å². The van der Waals surface area contributed by atoms with E-state index in [4.69, 9.17) is 0 Å².